The third kappa shape index (κ3) is 2.99. The fourth-order valence-electron chi connectivity index (χ4n) is 2.99. The quantitative estimate of drug-likeness (QED) is 0.935. The summed E-state index contributed by atoms with van der Waals surface area (Å²) >= 11 is 0. The molecular weight excluding hydrogens is 278 g/mol. The number of nitrogens with two attached hydrogens (primary N) is 1. The van der Waals surface area contributed by atoms with Gasteiger partial charge in [-0.25, -0.2) is 4.98 Å². The minimum absolute atomic E-state index is 0.326. The first-order valence-electron chi connectivity index (χ1n) is 7.99. The molecule has 118 valence electrons. The molecule has 2 heterocycles. The van der Waals surface area contributed by atoms with Crippen molar-refractivity contribution in [2.45, 2.75) is 58.6 Å². The summed E-state index contributed by atoms with van der Waals surface area (Å²) in [6.07, 6.45) is 6.44. The smallest absolute Gasteiger partial charge is 0.189 e. The molecule has 2 aromatic heterocycles. The zero-order valence-corrected chi connectivity index (χ0v) is 13.3. The van der Waals surface area contributed by atoms with Crippen molar-refractivity contribution < 1.29 is 9.26 Å². The Bertz CT molecular complexity index is 645. The summed E-state index contributed by atoms with van der Waals surface area (Å²) in [5, 5.41) is 3.98. The van der Waals surface area contributed by atoms with E-state index in [0.717, 1.165) is 41.2 Å². The van der Waals surface area contributed by atoms with Crippen LogP contribution in [-0.2, 0) is 6.54 Å². The summed E-state index contributed by atoms with van der Waals surface area (Å²) in [6.45, 7) is 4.25. The Balaban J connectivity index is 1.82. The van der Waals surface area contributed by atoms with E-state index in [0.29, 0.717) is 18.4 Å². The standard InChI is InChI=1S/C17H23N3O2/c1-11-14(10-18)17(22-20-11)15-8-9-16(12(2)19-15)21-13-6-4-3-5-7-13/h8-9,13H,3-7,10,18H2,1-2H3. The first-order valence-corrected chi connectivity index (χ1v) is 7.99. The molecular formula is C17H23N3O2. The van der Waals surface area contributed by atoms with Crippen molar-refractivity contribution in [2.24, 2.45) is 5.73 Å². The van der Waals surface area contributed by atoms with E-state index in [9.17, 15) is 0 Å². The highest BCUT2D eigenvalue weighted by atomic mass is 16.5. The van der Waals surface area contributed by atoms with Gasteiger partial charge in [0.2, 0.25) is 0 Å². The van der Waals surface area contributed by atoms with Crippen molar-refractivity contribution in [1.82, 2.24) is 10.1 Å². The van der Waals surface area contributed by atoms with Crippen LogP contribution < -0.4 is 10.5 Å². The Morgan fingerprint density at radius 2 is 1.95 bits per heavy atom. The van der Waals surface area contributed by atoms with E-state index in [2.05, 4.69) is 10.1 Å². The Hall–Kier alpha value is -1.88. The first kappa shape index (κ1) is 15.0. The van der Waals surface area contributed by atoms with E-state index in [1.54, 1.807) is 0 Å². The lowest BCUT2D eigenvalue weighted by Gasteiger charge is -2.23. The number of rotatable bonds is 4. The Morgan fingerprint density at radius 3 is 2.64 bits per heavy atom. The van der Waals surface area contributed by atoms with Gasteiger partial charge in [-0.1, -0.05) is 11.6 Å². The SMILES string of the molecule is Cc1nc(-c2onc(C)c2CN)ccc1OC1CCCCC1. The maximum Gasteiger partial charge on any atom is 0.189 e. The molecule has 0 spiro atoms. The fraction of sp³-hybridized carbons (Fsp3) is 0.529. The highest BCUT2D eigenvalue weighted by Gasteiger charge is 2.18. The molecule has 22 heavy (non-hydrogen) atoms. The second kappa shape index (κ2) is 6.48. The molecule has 0 radical (unpaired) electrons. The number of pyridine rings is 1. The van der Waals surface area contributed by atoms with Crippen molar-refractivity contribution in [3.05, 3.63) is 29.1 Å². The van der Waals surface area contributed by atoms with E-state index in [1.807, 2.05) is 26.0 Å². The van der Waals surface area contributed by atoms with Crippen LogP contribution in [0.25, 0.3) is 11.5 Å². The van der Waals surface area contributed by atoms with Gasteiger partial charge in [0.25, 0.3) is 0 Å². The predicted molar refractivity (Wildman–Crippen MR) is 84.6 cm³/mol. The monoisotopic (exact) mass is 301 g/mol. The summed E-state index contributed by atoms with van der Waals surface area (Å²) in [5.74, 6) is 1.52. The lowest BCUT2D eigenvalue weighted by molar-refractivity contribution is 0.153. The maximum absolute atomic E-state index is 6.11. The van der Waals surface area contributed by atoms with Crippen molar-refractivity contribution >= 4 is 0 Å². The second-order valence-electron chi connectivity index (χ2n) is 5.94. The number of aryl methyl sites for hydroxylation is 2. The molecule has 1 fully saturated rings. The molecule has 0 bridgehead atoms. The van der Waals surface area contributed by atoms with Gasteiger partial charge in [0.15, 0.2) is 5.76 Å². The van der Waals surface area contributed by atoms with Gasteiger partial charge in [-0.3, -0.25) is 0 Å². The van der Waals surface area contributed by atoms with Crippen LogP contribution in [0.3, 0.4) is 0 Å². The van der Waals surface area contributed by atoms with Gasteiger partial charge in [0, 0.05) is 12.1 Å². The molecule has 0 aromatic carbocycles. The molecule has 2 N–H and O–H groups in total. The number of hydrogen-bond donors (Lipinski definition) is 1. The Morgan fingerprint density at radius 1 is 1.18 bits per heavy atom. The van der Waals surface area contributed by atoms with Crippen molar-refractivity contribution in [3.63, 3.8) is 0 Å². The molecule has 1 aliphatic rings. The molecule has 3 rings (SSSR count). The van der Waals surface area contributed by atoms with Gasteiger partial charge in [-0.2, -0.15) is 0 Å². The fourth-order valence-corrected chi connectivity index (χ4v) is 2.99. The zero-order valence-electron chi connectivity index (χ0n) is 13.3. The normalized spacial score (nSPS) is 16.0. The van der Waals surface area contributed by atoms with Crippen LogP contribution >= 0.6 is 0 Å². The van der Waals surface area contributed by atoms with Gasteiger partial charge >= 0.3 is 0 Å². The second-order valence-corrected chi connectivity index (χ2v) is 5.94. The molecule has 0 aliphatic heterocycles. The maximum atomic E-state index is 6.11. The van der Waals surface area contributed by atoms with Crippen LogP contribution in [0, 0.1) is 13.8 Å². The number of ether oxygens (including phenoxy) is 1. The topological polar surface area (TPSA) is 74.2 Å². The van der Waals surface area contributed by atoms with E-state index in [4.69, 9.17) is 15.0 Å². The van der Waals surface area contributed by atoms with Crippen LogP contribution in [0.1, 0.15) is 49.1 Å². The van der Waals surface area contributed by atoms with Gasteiger partial charge in [-0.05, 0) is 51.7 Å². The molecule has 1 aliphatic carbocycles. The summed E-state index contributed by atoms with van der Waals surface area (Å²) in [7, 11) is 0. The highest BCUT2D eigenvalue weighted by Crippen LogP contribution is 2.29. The van der Waals surface area contributed by atoms with Gasteiger partial charge in [0.05, 0.1) is 17.5 Å². The third-order valence-corrected chi connectivity index (χ3v) is 4.30. The number of hydrogen-bond acceptors (Lipinski definition) is 5. The highest BCUT2D eigenvalue weighted by molar-refractivity contribution is 5.59. The predicted octanol–water partition coefficient (Wildman–Crippen LogP) is 3.52. The summed E-state index contributed by atoms with van der Waals surface area (Å²) in [6, 6.07) is 3.90. The van der Waals surface area contributed by atoms with Gasteiger partial charge in [-0.15, -0.1) is 0 Å². The molecule has 2 aromatic rings. The van der Waals surface area contributed by atoms with E-state index in [-0.39, 0.29) is 0 Å². The summed E-state index contributed by atoms with van der Waals surface area (Å²) in [5.41, 5.74) is 9.14. The molecule has 0 amide bonds. The van der Waals surface area contributed by atoms with Gasteiger partial charge < -0.3 is 15.0 Å². The summed E-state index contributed by atoms with van der Waals surface area (Å²) < 4.78 is 11.5. The molecule has 0 unspecified atom stereocenters. The average Bonchev–Trinajstić information content (AvgIpc) is 2.91. The van der Waals surface area contributed by atoms with Crippen LogP contribution in [0.15, 0.2) is 16.7 Å². The molecule has 5 heteroatoms. The minimum Gasteiger partial charge on any atom is -0.489 e. The van der Waals surface area contributed by atoms with Crippen molar-refractivity contribution in [1.29, 1.82) is 0 Å². The van der Waals surface area contributed by atoms with E-state index in [1.165, 1.54) is 19.3 Å². The largest absolute Gasteiger partial charge is 0.489 e. The first-order chi connectivity index (χ1) is 10.7. The molecule has 0 saturated heterocycles. The lowest BCUT2D eigenvalue weighted by atomic mass is 9.98. The van der Waals surface area contributed by atoms with Gasteiger partial charge in [0.1, 0.15) is 11.4 Å². The van der Waals surface area contributed by atoms with E-state index >= 15 is 0 Å². The van der Waals surface area contributed by atoms with Crippen LogP contribution in [0.2, 0.25) is 0 Å². The molecule has 0 atom stereocenters. The third-order valence-electron chi connectivity index (χ3n) is 4.30. The van der Waals surface area contributed by atoms with E-state index < -0.39 is 0 Å². The lowest BCUT2D eigenvalue weighted by Crippen LogP contribution is -2.20. The zero-order chi connectivity index (χ0) is 15.5. The molecule has 1 saturated carbocycles. The van der Waals surface area contributed by atoms with Crippen LogP contribution in [-0.4, -0.2) is 16.2 Å². The number of nitrogens with zero attached hydrogens (tertiary/aromatic N) is 2. The number of aromatic nitrogens is 2. The van der Waals surface area contributed by atoms with Crippen molar-refractivity contribution in [3.8, 4) is 17.2 Å². The van der Waals surface area contributed by atoms with Crippen molar-refractivity contribution in [2.75, 3.05) is 0 Å². The van der Waals surface area contributed by atoms with Crippen LogP contribution in [0.5, 0.6) is 5.75 Å². The Kier molecular flexibility index (Phi) is 4.43. The van der Waals surface area contributed by atoms with Crippen LogP contribution in [0.4, 0.5) is 0 Å². The summed E-state index contributed by atoms with van der Waals surface area (Å²) in [4.78, 5) is 4.62. The minimum atomic E-state index is 0.326. The average molecular weight is 301 g/mol. The molecule has 5 nitrogen and oxygen atoms in total. The Labute approximate surface area is 130 Å².